The number of pyridine rings is 1. The maximum Gasteiger partial charge on any atom is 0.261 e. The number of imidazole rings is 1. The molecule has 6 heteroatoms. The molecule has 1 amide bonds. The van der Waals surface area contributed by atoms with Crippen molar-refractivity contribution in [3.05, 3.63) is 87.4 Å². The van der Waals surface area contributed by atoms with E-state index in [-0.39, 0.29) is 17.0 Å². The number of aromatic nitrogens is 3. The lowest BCUT2D eigenvalue weighted by atomic mass is 10.1. The molecule has 134 valence electrons. The van der Waals surface area contributed by atoms with E-state index < -0.39 is 0 Å². The average Bonchev–Trinajstić information content (AvgIpc) is 3.05. The van der Waals surface area contributed by atoms with E-state index in [0.717, 1.165) is 22.6 Å². The van der Waals surface area contributed by atoms with Gasteiger partial charge in [0, 0.05) is 31.7 Å². The Bertz CT molecular complexity index is 973. The van der Waals surface area contributed by atoms with Gasteiger partial charge in [-0.05, 0) is 31.0 Å². The minimum atomic E-state index is -0.363. The molecule has 6 nitrogen and oxygen atoms in total. The normalized spacial score (nSPS) is 10.7. The van der Waals surface area contributed by atoms with E-state index in [9.17, 15) is 9.59 Å². The van der Waals surface area contributed by atoms with Gasteiger partial charge in [0.1, 0.15) is 11.4 Å². The predicted octanol–water partition coefficient (Wildman–Crippen LogP) is 2.51. The Hall–Kier alpha value is -3.15. The summed E-state index contributed by atoms with van der Waals surface area (Å²) in [7, 11) is 1.68. The summed E-state index contributed by atoms with van der Waals surface area (Å²) in [4.78, 5) is 33.4. The maximum absolute atomic E-state index is 12.7. The number of carbonyl (C=O) groups excluding carboxylic acids is 1. The van der Waals surface area contributed by atoms with Crippen LogP contribution in [0.2, 0.25) is 0 Å². The molecule has 0 radical (unpaired) electrons. The van der Waals surface area contributed by atoms with Crippen molar-refractivity contribution in [3.8, 4) is 0 Å². The van der Waals surface area contributed by atoms with Crippen LogP contribution in [0.3, 0.4) is 0 Å². The van der Waals surface area contributed by atoms with E-state index in [1.54, 1.807) is 19.3 Å². The van der Waals surface area contributed by atoms with Crippen molar-refractivity contribution in [2.75, 3.05) is 7.05 Å². The van der Waals surface area contributed by atoms with Gasteiger partial charge in [-0.2, -0.15) is 0 Å². The molecule has 2 heterocycles. The Kier molecular flexibility index (Phi) is 5.02. The van der Waals surface area contributed by atoms with Gasteiger partial charge in [-0.3, -0.25) is 9.59 Å². The summed E-state index contributed by atoms with van der Waals surface area (Å²) >= 11 is 0. The van der Waals surface area contributed by atoms with E-state index in [0.29, 0.717) is 13.1 Å². The first kappa shape index (κ1) is 17.7. The van der Waals surface area contributed by atoms with Crippen molar-refractivity contribution in [1.29, 1.82) is 0 Å². The molecule has 3 rings (SSSR count). The molecule has 0 saturated heterocycles. The van der Waals surface area contributed by atoms with Crippen molar-refractivity contribution in [2.45, 2.75) is 26.9 Å². The van der Waals surface area contributed by atoms with Crippen LogP contribution >= 0.6 is 0 Å². The van der Waals surface area contributed by atoms with Gasteiger partial charge in [0.05, 0.1) is 6.54 Å². The van der Waals surface area contributed by atoms with Crippen LogP contribution in [0.5, 0.6) is 0 Å². The molecule has 0 saturated carbocycles. The molecule has 0 bridgehead atoms. The topological polar surface area (TPSA) is 71.0 Å². The zero-order valence-corrected chi connectivity index (χ0v) is 15.2. The predicted molar refractivity (Wildman–Crippen MR) is 100 cm³/mol. The lowest BCUT2D eigenvalue weighted by Gasteiger charge is -2.18. The molecule has 1 N–H and O–H groups in total. The quantitative estimate of drug-likeness (QED) is 0.768. The van der Waals surface area contributed by atoms with Crippen LogP contribution in [0, 0.1) is 13.8 Å². The number of aryl methyl sites for hydroxylation is 2. The molecule has 0 fully saturated rings. The highest BCUT2D eigenvalue weighted by atomic mass is 16.2. The van der Waals surface area contributed by atoms with Crippen molar-refractivity contribution in [3.63, 3.8) is 0 Å². The Morgan fingerprint density at radius 3 is 2.69 bits per heavy atom. The van der Waals surface area contributed by atoms with Crippen LogP contribution in [0.4, 0.5) is 0 Å². The molecule has 0 unspecified atom stereocenters. The molecule has 3 aromatic rings. The highest BCUT2D eigenvalue weighted by Gasteiger charge is 2.18. The minimum absolute atomic E-state index is 0.150. The van der Waals surface area contributed by atoms with Crippen LogP contribution in [-0.2, 0) is 13.1 Å². The van der Waals surface area contributed by atoms with E-state index in [1.165, 1.54) is 4.90 Å². The highest BCUT2D eigenvalue weighted by molar-refractivity contribution is 5.93. The van der Waals surface area contributed by atoms with Gasteiger partial charge in [-0.15, -0.1) is 0 Å². The van der Waals surface area contributed by atoms with E-state index in [2.05, 4.69) is 9.97 Å². The van der Waals surface area contributed by atoms with Crippen LogP contribution in [0.15, 0.2) is 53.6 Å². The zero-order valence-electron chi connectivity index (χ0n) is 15.2. The standard InChI is InChI=1S/C20H22N4O2/c1-14-11-17(19(25)22-15(14)2)20(26)23(3)13-18-21-9-10-24(18)12-16-7-5-4-6-8-16/h4-11H,12-13H2,1-3H3,(H,22,25). The number of amides is 1. The Labute approximate surface area is 152 Å². The fraction of sp³-hybridized carbons (Fsp3) is 0.250. The van der Waals surface area contributed by atoms with Crippen molar-refractivity contribution in [1.82, 2.24) is 19.4 Å². The number of benzene rings is 1. The molecule has 0 spiro atoms. The fourth-order valence-corrected chi connectivity index (χ4v) is 2.79. The van der Waals surface area contributed by atoms with Gasteiger partial charge in [0.2, 0.25) is 0 Å². The summed E-state index contributed by atoms with van der Waals surface area (Å²) in [5.41, 5.74) is 2.60. The van der Waals surface area contributed by atoms with Crippen LogP contribution in [0.1, 0.15) is 33.0 Å². The van der Waals surface area contributed by atoms with Crippen LogP contribution in [-0.4, -0.2) is 32.4 Å². The van der Waals surface area contributed by atoms with Crippen molar-refractivity contribution in [2.24, 2.45) is 0 Å². The van der Waals surface area contributed by atoms with Crippen LogP contribution < -0.4 is 5.56 Å². The van der Waals surface area contributed by atoms with Gasteiger partial charge >= 0.3 is 0 Å². The lowest BCUT2D eigenvalue weighted by Crippen LogP contribution is -2.32. The SMILES string of the molecule is Cc1cc(C(=O)N(C)Cc2nccn2Cc2ccccc2)c(=O)[nH]c1C. The Balaban J connectivity index is 1.78. The molecule has 0 aliphatic rings. The number of carbonyl (C=O) groups is 1. The zero-order chi connectivity index (χ0) is 18.7. The first-order chi connectivity index (χ1) is 12.5. The Morgan fingerprint density at radius 2 is 1.96 bits per heavy atom. The number of rotatable bonds is 5. The minimum Gasteiger partial charge on any atom is -0.334 e. The fourth-order valence-electron chi connectivity index (χ4n) is 2.79. The van der Waals surface area contributed by atoms with E-state index in [1.807, 2.05) is 54.9 Å². The molecular weight excluding hydrogens is 328 g/mol. The summed E-state index contributed by atoms with van der Waals surface area (Å²) in [6.07, 6.45) is 3.61. The summed E-state index contributed by atoms with van der Waals surface area (Å²) in [6.45, 7) is 4.69. The summed E-state index contributed by atoms with van der Waals surface area (Å²) < 4.78 is 2.00. The first-order valence-electron chi connectivity index (χ1n) is 8.45. The van der Waals surface area contributed by atoms with Gasteiger partial charge in [0.15, 0.2) is 0 Å². The van der Waals surface area contributed by atoms with Gasteiger partial charge in [-0.1, -0.05) is 30.3 Å². The summed E-state index contributed by atoms with van der Waals surface area (Å²) in [5.74, 6) is 0.452. The monoisotopic (exact) mass is 350 g/mol. The van der Waals surface area contributed by atoms with Crippen molar-refractivity contribution >= 4 is 5.91 Å². The number of hydrogen-bond acceptors (Lipinski definition) is 3. The molecule has 26 heavy (non-hydrogen) atoms. The second-order valence-corrected chi connectivity index (χ2v) is 6.44. The third kappa shape index (κ3) is 3.74. The third-order valence-electron chi connectivity index (χ3n) is 4.45. The molecule has 0 aliphatic heterocycles. The van der Waals surface area contributed by atoms with E-state index in [4.69, 9.17) is 0 Å². The largest absolute Gasteiger partial charge is 0.334 e. The van der Waals surface area contributed by atoms with Gasteiger partial charge in [-0.25, -0.2) is 4.98 Å². The second-order valence-electron chi connectivity index (χ2n) is 6.44. The van der Waals surface area contributed by atoms with Crippen molar-refractivity contribution < 1.29 is 4.79 Å². The number of H-pyrrole nitrogens is 1. The van der Waals surface area contributed by atoms with Crippen LogP contribution in [0.25, 0.3) is 0 Å². The maximum atomic E-state index is 12.7. The molecule has 0 atom stereocenters. The smallest absolute Gasteiger partial charge is 0.261 e. The average molecular weight is 350 g/mol. The first-order valence-corrected chi connectivity index (χ1v) is 8.45. The molecule has 1 aromatic carbocycles. The van der Waals surface area contributed by atoms with Gasteiger partial charge < -0.3 is 14.5 Å². The molecule has 2 aromatic heterocycles. The summed E-state index contributed by atoms with van der Waals surface area (Å²) in [6, 6.07) is 11.7. The molecular formula is C20H22N4O2. The second kappa shape index (κ2) is 7.39. The number of hydrogen-bond donors (Lipinski definition) is 1. The van der Waals surface area contributed by atoms with Gasteiger partial charge in [0.25, 0.3) is 11.5 Å². The number of aromatic amines is 1. The molecule has 0 aliphatic carbocycles. The third-order valence-corrected chi connectivity index (χ3v) is 4.45. The van der Waals surface area contributed by atoms with E-state index >= 15 is 0 Å². The number of nitrogens with zero attached hydrogens (tertiary/aromatic N) is 3. The number of nitrogens with one attached hydrogen (secondary N) is 1. The lowest BCUT2D eigenvalue weighted by molar-refractivity contribution is 0.0778. The summed E-state index contributed by atoms with van der Waals surface area (Å²) in [5, 5.41) is 0. The highest BCUT2D eigenvalue weighted by Crippen LogP contribution is 2.10. The Morgan fingerprint density at radius 1 is 1.23 bits per heavy atom.